The zero-order valence-electron chi connectivity index (χ0n) is 9.95. The normalized spacial score (nSPS) is 47.3. The van der Waals surface area contributed by atoms with E-state index in [1.165, 1.54) is 38.5 Å². The van der Waals surface area contributed by atoms with E-state index in [4.69, 9.17) is 0 Å². The SMILES string of the molecule is CC1(C)[C@@H]2N=N[C@H]1[C@H]1CCCCCC[C@H]12. The van der Waals surface area contributed by atoms with Gasteiger partial charge in [-0.2, -0.15) is 10.2 Å². The fourth-order valence-corrected chi connectivity index (χ4v) is 4.22. The summed E-state index contributed by atoms with van der Waals surface area (Å²) in [4.78, 5) is 0. The van der Waals surface area contributed by atoms with Crippen molar-refractivity contribution in [1.82, 2.24) is 0 Å². The molecule has 0 radical (unpaired) electrons. The van der Waals surface area contributed by atoms with Gasteiger partial charge in [0.2, 0.25) is 0 Å². The Hall–Kier alpha value is -0.400. The van der Waals surface area contributed by atoms with Gasteiger partial charge in [0.15, 0.2) is 0 Å². The van der Waals surface area contributed by atoms with Crippen LogP contribution in [0.5, 0.6) is 0 Å². The molecule has 3 rings (SSSR count). The van der Waals surface area contributed by atoms with Gasteiger partial charge in [-0.3, -0.25) is 0 Å². The lowest BCUT2D eigenvalue weighted by Gasteiger charge is -2.28. The highest BCUT2D eigenvalue weighted by Gasteiger charge is 2.58. The topological polar surface area (TPSA) is 24.7 Å². The molecule has 1 heterocycles. The molecule has 0 aromatic carbocycles. The van der Waals surface area contributed by atoms with Crippen LogP contribution >= 0.6 is 0 Å². The lowest BCUT2D eigenvalue weighted by Crippen LogP contribution is -2.27. The summed E-state index contributed by atoms with van der Waals surface area (Å²) in [6.07, 6.45) is 8.56. The molecule has 0 N–H and O–H groups in total. The predicted octanol–water partition coefficient (Wildman–Crippen LogP) is 3.82. The summed E-state index contributed by atoms with van der Waals surface area (Å²) < 4.78 is 0. The van der Waals surface area contributed by atoms with Gasteiger partial charge in [-0.05, 0) is 24.7 Å². The summed E-state index contributed by atoms with van der Waals surface area (Å²) in [7, 11) is 0. The van der Waals surface area contributed by atoms with Gasteiger partial charge in [0.25, 0.3) is 0 Å². The van der Waals surface area contributed by atoms with E-state index < -0.39 is 0 Å². The van der Waals surface area contributed by atoms with Crippen molar-refractivity contribution in [3.63, 3.8) is 0 Å². The van der Waals surface area contributed by atoms with E-state index in [0.717, 1.165) is 11.8 Å². The predicted molar refractivity (Wildman–Crippen MR) is 60.9 cm³/mol. The van der Waals surface area contributed by atoms with Crippen LogP contribution < -0.4 is 0 Å². The van der Waals surface area contributed by atoms with E-state index in [1.54, 1.807) is 0 Å². The number of hydrogen-bond acceptors (Lipinski definition) is 2. The van der Waals surface area contributed by atoms with Crippen molar-refractivity contribution < 1.29 is 0 Å². The Morgan fingerprint density at radius 1 is 0.800 bits per heavy atom. The highest BCUT2D eigenvalue weighted by atomic mass is 15.2. The second-order valence-electron chi connectivity index (χ2n) is 6.26. The standard InChI is InChI=1S/C13H22N2/c1-13(2)11-9-7-5-3-4-6-8-10(9)12(13)15-14-11/h9-12H,3-8H2,1-2H3/t9-,10+,11-,12+. The Morgan fingerprint density at radius 2 is 1.27 bits per heavy atom. The fourth-order valence-electron chi connectivity index (χ4n) is 4.22. The monoisotopic (exact) mass is 206 g/mol. The van der Waals surface area contributed by atoms with Crippen molar-refractivity contribution in [3.8, 4) is 0 Å². The molecule has 0 aromatic rings. The molecule has 0 unspecified atom stereocenters. The number of fused-ring (bicyclic) bond motifs is 5. The van der Waals surface area contributed by atoms with Gasteiger partial charge >= 0.3 is 0 Å². The van der Waals surface area contributed by atoms with E-state index in [1.807, 2.05) is 0 Å². The third kappa shape index (κ3) is 1.29. The quantitative estimate of drug-likeness (QED) is 0.575. The van der Waals surface area contributed by atoms with Gasteiger partial charge in [0.1, 0.15) is 0 Å². The minimum absolute atomic E-state index is 0.361. The molecule has 0 aromatic heterocycles. The first-order valence-electron chi connectivity index (χ1n) is 6.61. The molecule has 2 bridgehead atoms. The zero-order chi connectivity index (χ0) is 10.5. The lowest BCUT2D eigenvalue weighted by molar-refractivity contribution is 0.246. The highest BCUT2D eigenvalue weighted by Crippen LogP contribution is 2.56. The van der Waals surface area contributed by atoms with Gasteiger partial charge in [-0.25, -0.2) is 0 Å². The molecule has 2 nitrogen and oxygen atoms in total. The Labute approximate surface area is 92.5 Å². The molecule has 2 heteroatoms. The smallest absolute Gasteiger partial charge is 0.0811 e. The molecule has 3 aliphatic rings. The summed E-state index contributed by atoms with van der Waals surface area (Å²) >= 11 is 0. The van der Waals surface area contributed by atoms with Crippen molar-refractivity contribution in [2.24, 2.45) is 27.5 Å². The highest BCUT2D eigenvalue weighted by molar-refractivity contribution is 5.12. The van der Waals surface area contributed by atoms with Gasteiger partial charge < -0.3 is 0 Å². The van der Waals surface area contributed by atoms with E-state index in [0.29, 0.717) is 17.5 Å². The molecule has 84 valence electrons. The summed E-state index contributed by atoms with van der Waals surface area (Å²) in [5.41, 5.74) is 0.361. The number of azo groups is 1. The number of nitrogens with zero attached hydrogens (tertiary/aromatic N) is 2. The molecule has 2 aliphatic carbocycles. The molecule has 2 saturated carbocycles. The Bertz CT molecular complexity index is 256. The van der Waals surface area contributed by atoms with Crippen LogP contribution in [0.15, 0.2) is 10.2 Å². The molecule has 4 atom stereocenters. The number of rotatable bonds is 0. The van der Waals surface area contributed by atoms with Crippen LogP contribution in [-0.2, 0) is 0 Å². The molecular weight excluding hydrogens is 184 g/mol. The second kappa shape index (κ2) is 3.29. The first-order chi connectivity index (χ1) is 7.21. The van der Waals surface area contributed by atoms with Gasteiger partial charge in [0.05, 0.1) is 12.1 Å². The Kier molecular flexibility index (Phi) is 2.15. The lowest BCUT2D eigenvalue weighted by atomic mass is 9.81. The van der Waals surface area contributed by atoms with Gasteiger partial charge in [0, 0.05) is 5.41 Å². The number of hydrogen-bond donors (Lipinski definition) is 0. The average Bonchev–Trinajstić information content (AvgIpc) is 2.52. The third-order valence-corrected chi connectivity index (χ3v) is 5.03. The van der Waals surface area contributed by atoms with E-state index >= 15 is 0 Å². The molecule has 0 spiro atoms. The summed E-state index contributed by atoms with van der Waals surface area (Å²) in [6, 6.07) is 1.09. The van der Waals surface area contributed by atoms with Crippen LogP contribution in [0.25, 0.3) is 0 Å². The maximum Gasteiger partial charge on any atom is 0.0811 e. The Morgan fingerprint density at radius 3 is 1.73 bits per heavy atom. The molecule has 15 heavy (non-hydrogen) atoms. The zero-order valence-corrected chi connectivity index (χ0v) is 9.95. The Balaban J connectivity index is 1.88. The maximum atomic E-state index is 4.54. The first-order valence-corrected chi connectivity index (χ1v) is 6.61. The van der Waals surface area contributed by atoms with Crippen molar-refractivity contribution in [1.29, 1.82) is 0 Å². The molecular formula is C13H22N2. The maximum absolute atomic E-state index is 4.54. The van der Waals surface area contributed by atoms with Gasteiger partial charge in [-0.15, -0.1) is 0 Å². The van der Waals surface area contributed by atoms with Crippen LogP contribution in [0.4, 0.5) is 0 Å². The van der Waals surface area contributed by atoms with Crippen LogP contribution in [0.2, 0.25) is 0 Å². The summed E-state index contributed by atoms with van der Waals surface area (Å²) in [6.45, 7) is 4.76. The largest absolute Gasteiger partial charge is 0.190 e. The molecule has 0 amide bonds. The van der Waals surface area contributed by atoms with Gasteiger partial charge in [-0.1, -0.05) is 39.5 Å². The van der Waals surface area contributed by atoms with Crippen LogP contribution in [0.3, 0.4) is 0 Å². The molecule has 2 fully saturated rings. The summed E-state index contributed by atoms with van der Waals surface area (Å²) in [5, 5.41) is 9.08. The first kappa shape index (κ1) is 9.80. The van der Waals surface area contributed by atoms with E-state index in [2.05, 4.69) is 24.1 Å². The van der Waals surface area contributed by atoms with Crippen LogP contribution in [0, 0.1) is 17.3 Å². The van der Waals surface area contributed by atoms with Crippen LogP contribution in [-0.4, -0.2) is 12.1 Å². The van der Waals surface area contributed by atoms with Crippen molar-refractivity contribution in [3.05, 3.63) is 0 Å². The van der Waals surface area contributed by atoms with Crippen LogP contribution in [0.1, 0.15) is 52.4 Å². The molecule has 1 aliphatic heterocycles. The van der Waals surface area contributed by atoms with Crippen molar-refractivity contribution >= 4 is 0 Å². The third-order valence-electron chi connectivity index (χ3n) is 5.03. The molecule has 0 saturated heterocycles. The van der Waals surface area contributed by atoms with Crippen molar-refractivity contribution in [2.45, 2.75) is 64.5 Å². The minimum atomic E-state index is 0.361. The van der Waals surface area contributed by atoms with Crippen molar-refractivity contribution in [2.75, 3.05) is 0 Å². The van der Waals surface area contributed by atoms with E-state index in [9.17, 15) is 0 Å². The second-order valence-corrected chi connectivity index (χ2v) is 6.26. The summed E-state index contributed by atoms with van der Waals surface area (Å²) in [5.74, 6) is 1.73. The average molecular weight is 206 g/mol. The minimum Gasteiger partial charge on any atom is -0.190 e. The fraction of sp³-hybridized carbons (Fsp3) is 1.00. The van der Waals surface area contributed by atoms with E-state index in [-0.39, 0.29) is 0 Å².